The molecule has 0 radical (unpaired) electrons. The van der Waals surface area contributed by atoms with E-state index in [0.29, 0.717) is 25.1 Å². The van der Waals surface area contributed by atoms with Gasteiger partial charge in [-0.05, 0) is 44.9 Å². The van der Waals surface area contributed by atoms with Crippen molar-refractivity contribution in [1.29, 1.82) is 0 Å². The van der Waals surface area contributed by atoms with Crippen LogP contribution in [0.3, 0.4) is 0 Å². The first-order valence-corrected chi connectivity index (χ1v) is 7.99. The lowest BCUT2D eigenvalue weighted by Gasteiger charge is -2.37. The average Bonchev–Trinajstić information content (AvgIpc) is 2.47. The molecule has 0 aromatic heterocycles. The summed E-state index contributed by atoms with van der Waals surface area (Å²) in [7, 11) is 0. The fourth-order valence-electron chi connectivity index (χ4n) is 3.25. The molecule has 0 bridgehead atoms. The highest BCUT2D eigenvalue weighted by Gasteiger charge is 2.31. The van der Waals surface area contributed by atoms with Crippen LogP contribution in [0, 0.1) is 11.8 Å². The Labute approximate surface area is 123 Å². The van der Waals surface area contributed by atoms with Gasteiger partial charge in [0.05, 0.1) is 5.60 Å². The van der Waals surface area contributed by atoms with Crippen molar-refractivity contribution < 1.29 is 9.94 Å². The lowest BCUT2D eigenvalue weighted by molar-refractivity contribution is -0.208. The lowest BCUT2D eigenvalue weighted by Crippen LogP contribution is -2.40. The molecule has 1 N–H and O–H groups in total. The van der Waals surface area contributed by atoms with E-state index in [0.717, 1.165) is 6.42 Å². The van der Waals surface area contributed by atoms with Gasteiger partial charge < -0.3 is 9.94 Å². The molecule has 0 aromatic rings. The summed E-state index contributed by atoms with van der Waals surface area (Å²) in [6, 6.07) is 0. The molecule has 1 atom stereocenters. The Hall–Kier alpha value is -0.640. The van der Waals surface area contributed by atoms with E-state index in [9.17, 15) is 5.21 Å². The fourth-order valence-corrected chi connectivity index (χ4v) is 3.25. The zero-order chi connectivity index (χ0) is 14.4. The van der Waals surface area contributed by atoms with Gasteiger partial charge in [-0.15, -0.1) is 0 Å². The van der Waals surface area contributed by atoms with Crippen molar-refractivity contribution in [2.45, 2.75) is 58.0 Å². The maximum atomic E-state index is 10.0. The van der Waals surface area contributed by atoms with Crippen LogP contribution in [0.4, 0.5) is 0 Å². The predicted molar refractivity (Wildman–Crippen MR) is 81.5 cm³/mol. The normalized spacial score (nSPS) is 24.5. The van der Waals surface area contributed by atoms with E-state index in [1.165, 1.54) is 37.2 Å². The van der Waals surface area contributed by atoms with Crippen LogP contribution < -0.4 is 0 Å². The van der Waals surface area contributed by atoms with E-state index in [4.69, 9.17) is 4.74 Å². The molecule has 0 heterocycles. The van der Waals surface area contributed by atoms with Gasteiger partial charge in [-0.3, -0.25) is 0 Å². The quantitative estimate of drug-likeness (QED) is 0.586. The van der Waals surface area contributed by atoms with Gasteiger partial charge in [-0.25, -0.2) is 0 Å². The second kappa shape index (κ2) is 7.39. The third kappa shape index (κ3) is 4.72. The molecule has 1 fully saturated rings. The Kier molecular flexibility index (Phi) is 5.82. The predicted octanol–water partition coefficient (Wildman–Crippen LogP) is 4.14. The SMILES string of the molecule is CC(C)(OCN(O)CC1C=CC=CC1)C1CCCCC1. The molecule has 3 heteroatoms. The lowest BCUT2D eigenvalue weighted by atomic mass is 9.79. The Morgan fingerprint density at radius 3 is 2.60 bits per heavy atom. The summed E-state index contributed by atoms with van der Waals surface area (Å²) in [5.74, 6) is 1.02. The zero-order valence-corrected chi connectivity index (χ0v) is 12.9. The minimum atomic E-state index is -0.135. The average molecular weight is 279 g/mol. The first-order chi connectivity index (χ1) is 9.58. The zero-order valence-electron chi connectivity index (χ0n) is 12.9. The van der Waals surface area contributed by atoms with Crippen LogP contribution in [0.2, 0.25) is 0 Å². The van der Waals surface area contributed by atoms with E-state index < -0.39 is 0 Å². The van der Waals surface area contributed by atoms with Crippen LogP contribution in [-0.2, 0) is 4.74 Å². The number of rotatable bonds is 6. The third-order valence-electron chi connectivity index (χ3n) is 4.69. The van der Waals surface area contributed by atoms with Gasteiger partial charge in [0.1, 0.15) is 6.73 Å². The molecule has 0 spiro atoms. The smallest absolute Gasteiger partial charge is 0.122 e. The number of hydrogen-bond acceptors (Lipinski definition) is 3. The van der Waals surface area contributed by atoms with Gasteiger partial charge in [-0.1, -0.05) is 43.6 Å². The minimum Gasteiger partial charge on any atom is -0.358 e. The fraction of sp³-hybridized carbons (Fsp3) is 0.765. The van der Waals surface area contributed by atoms with Crippen molar-refractivity contribution in [3.63, 3.8) is 0 Å². The Bertz CT molecular complexity index is 343. The second-order valence-electron chi connectivity index (χ2n) is 6.71. The van der Waals surface area contributed by atoms with Crippen molar-refractivity contribution in [2.24, 2.45) is 11.8 Å². The summed E-state index contributed by atoms with van der Waals surface area (Å²) in [4.78, 5) is 0. The molecule has 0 amide bonds. The summed E-state index contributed by atoms with van der Waals surface area (Å²) in [6.45, 7) is 5.28. The molecule has 0 aromatic carbocycles. The summed E-state index contributed by atoms with van der Waals surface area (Å²) in [5.41, 5.74) is -0.135. The Morgan fingerprint density at radius 1 is 1.20 bits per heavy atom. The highest BCUT2D eigenvalue weighted by atomic mass is 16.6. The van der Waals surface area contributed by atoms with Crippen LogP contribution in [-0.4, -0.2) is 29.1 Å². The van der Waals surface area contributed by atoms with Crippen LogP contribution in [0.25, 0.3) is 0 Å². The van der Waals surface area contributed by atoms with Gasteiger partial charge in [0, 0.05) is 6.54 Å². The molecule has 2 aliphatic rings. The molecule has 1 saturated carbocycles. The number of hydrogen-bond donors (Lipinski definition) is 1. The molecular weight excluding hydrogens is 250 g/mol. The molecule has 20 heavy (non-hydrogen) atoms. The monoisotopic (exact) mass is 279 g/mol. The molecular formula is C17H29NO2. The van der Waals surface area contributed by atoms with E-state index in [2.05, 4.69) is 38.2 Å². The largest absolute Gasteiger partial charge is 0.358 e. The van der Waals surface area contributed by atoms with Crippen molar-refractivity contribution in [1.82, 2.24) is 5.06 Å². The number of ether oxygens (including phenoxy) is 1. The molecule has 2 rings (SSSR count). The number of hydroxylamine groups is 2. The Morgan fingerprint density at radius 2 is 1.95 bits per heavy atom. The molecule has 3 nitrogen and oxygen atoms in total. The highest BCUT2D eigenvalue weighted by molar-refractivity contribution is 5.10. The molecule has 1 unspecified atom stereocenters. The van der Waals surface area contributed by atoms with E-state index >= 15 is 0 Å². The topological polar surface area (TPSA) is 32.7 Å². The van der Waals surface area contributed by atoms with Crippen molar-refractivity contribution in [3.05, 3.63) is 24.3 Å². The third-order valence-corrected chi connectivity index (χ3v) is 4.69. The second-order valence-corrected chi connectivity index (χ2v) is 6.71. The molecule has 114 valence electrons. The van der Waals surface area contributed by atoms with Crippen molar-refractivity contribution in [3.8, 4) is 0 Å². The van der Waals surface area contributed by atoms with E-state index in [1.807, 2.05) is 0 Å². The Balaban J connectivity index is 1.72. The van der Waals surface area contributed by atoms with Crippen LogP contribution in [0.1, 0.15) is 52.4 Å². The molecule has 0 saturated heterocycles. The van der Waals surface area contributed by atoms with Gasteiger partial charge in [0.2, 0.25) is 0 Å². The summed E-state index contributed by atoms with van der Waals surface area (Å²) in [6.07, 6.45) is 15.9. The van der Waals surface area contributed by atoms with Gasteiger partial charge in [0.15, 0.2) is 0 Å². The molecule has 0 aliphatic heterocycles. The summed E-state index contributed by atoms with van der Waals surface area (Å²) < 4.78 is 6.01. The number of allylic oxidation sites excluding steroid dienone is 3. The van der Waals surface area contributed by atoms with E-state index in [1.54, 1.807) is 0 Å². The highest BCUT2D eigenvalue weighted by Crippen LogP contribution is 2.34. The molecule has 2 aliphatic carbocycles. The van der Waals surface area contributed by atoms with E-state index in [-0.39, 0.29) is 5.60 Å². The van der Waals surface area contributed by atoms with Gasteiger partial charge >= 0.3 is 0 Å². The van der Waals surface area contributed by atoms with Crippen LogP contribution >= 0.6 is 0 Å². The van der Waals surface area contributed by atoms with Crippen molar-refractivity contribution in [2.75, 3.05) is 13.3 Å². The first-order valence-electron chi connectivity index (χ1n) is 7.99. The van der Waals surface area contributed by atoms with Gasteiger partial charge in [0.25, 0.3) is 0 Å². The minimum absolute atomic E-state index is 0.135. The summed E-state index contributed by atoms with van der Waals surface area (Å²) >= 11 is 0. The summed E-state index contributed by atoms with van der Waals surface area (Å²) in [5, 5.41) is 11.3. The first kappa shape index (κ1) is 15.7. The van der Waals surface area contributed by atoms with Crippen molar-refractivity contribution >= 4 is 0 Å². The maximum absolute atomic E-state index is 10.0. The maximum Gasteiger partial charge on any atom is 0.122 e. The number of nitrogens with zero attached hydrogens (tertiary/aromatic N) is 1. The van der Waals surface area contributed by atoms with Crippen LogP contribution in [0.5, 0.6) is 0 Å². The van der Waals surface area contributed by atoms with Gasteiger partial charge in [-0.2, -0.15) is 5.06 Å². The van der Waals surface area contributed by atoms with Crippen LogP contribution in [0.15, 0.2) is 24.3 Å². The standard InChI is InChI=1S/C17H29NO2/c1-17(2,16-11-7-4-8-12-16)20-14-18(19)13-15-9-5-3-6-10-15/h3,5-6,9,15-16,19H,4,7-8,10-14H2,1-2H3.